The van der Waals surface area contributed by atoms with Gasteiger partial charge in [-0.2, -0.15) is 0 Å². The molecule has 0 bridgehead atoms. The van der Waals surface area contributed by atoms with Crippen molar-refractivity contribution in [3.05, 3.63) is 95.9 Å². The summed E-state index contributed by atoms with van der Waals surface area (Å²) in [5.74, 6) is 1.31. The van der Waals surface area contributed by atoms with Gasteiger partial charge in [-0.05, 0) is 37.3 Å². The van der Waals surface area contributed by atoms with E-state index in [-0.39, 0.29) is 5.91 Å². The van der Waals surface area contributed by atoms with Crippen LogP contribution >= 0.6 is 0 Å². The summed E-state index contributed by atoms with van der Waals surface area (Å²) in [7, 11) is 0. The SMILES string of the molecule is Cc1nc2ccccn2c1C(=O)NCc1ccccc1Oc1ccccc1. The number of aromatic nitrogens is 2. The molecule has 0 aliphatic carbocycles. The van der Waals surface area contributed by atoms with Gasteiger partial charge in [-0.25, -0.2) is 4.98 Å². The first-order valence-corrected chi connectivity index (χ1v) is 8.75. The molecular weight excluding hydrogens is 338 g/mol. The minimum atomic E-state index is -0.166. The lowest BCUT2D eigenvalue weighted by Crippen LogP contribution is -2.25. The second kappa shape index (κ2) is 7.33. The number of nitrogens with zero attached hydrogens (tertiary/aromatic N) is 2. The molecular formula is C22H19N3O2. The highest BCUT2D eigenvalue weighted by Crippen LogP contribution is 2.25. The van der Waals surface area contributed by atoms with Crippen molar-refractivity contribution in [1.82, 2.24) is 14.7 Å². The number of carbonyl (C=O) groups excluding carboxylic acids is 1. The summed E-state index contributed by atoms with van der Waals surface area (Å²) in [6.07, 6.45) is 1.84. The summed E-state index contributed by atoms with van der Waals surface area (Å²) >= 11 is 0. The third-order valence-electron chi connectivity index (χ3n) is 4.30. The second-order valence-electron chi connectivity index (χ2n) is 6.18. The number of imidazole rings is 1. The van der Waals surface area contributed by atoms with Crippen LogP contribution in [0.2, 0.25) is 0 Å². The first-order valence-electron chi connectivity index (χ1n) is 8.75. The van der Waals surface area contributed by atoms with Gasteiger partial charge < -0.3 is 10.1 Å². The van der Waals surface area contributed by atoms with Gasteiger partial charge in [0.25, 0.3) is 5.91 Å². The molecule has 5 nitrogen and oxygen atoms in total. The normalized spacial score (nSPS) is 10.7. The Hall–Kier alpha value is -3.60. The van der Waals surface area contributed by atoms with Gasteiger partial charge in [-0.1, -0.05) is 42.5 Å². The minimum Gasteiger partial charge on any atom is -0.457 e. The molecule has 0 radical (unpaired) electrons. The molecule has 0 aliphatic heterocycles. The first-order chi connectivity index (χ1) is 13.2. The lowest BCUT2D eigenvalue weighted by molar-refractivity contribution is 0.0944. The van der Waals surface area contributed by atoms with Crippen LogP contribution in [-0.4, -0.2) is 15.3 Å². The van der Waals surface area contributed by atoms with Crippen molar-refractivity contribution in [1.29, 1.82) is 0 Å². The van der Waals surface area contributed by atoms with Crippen molar-refractivity contribution in [2.24, 2.45) is 0 Å². The van der Waals surface area contributed by atoms with Crippen LogP contribution in [0.15, 0.2) is 79.0 Å². The van der Waals surface area contributed by atoms with Gasteiger partial charge in [0.15, 0.2) is 0 Å². The quantitative estimate of drug-likeness (QED) is 0.577. The molecule has 1 amide bonds. The van der Waals surface area contributed by atoms with Gasteiger partial charge in [-0.3, -0.25) is 9.20 Å². The number of fused-ring (bicyclic) bond motifs is 1. The van der Waals surface area contributed by atoms with Gasteiger partial charge in [0, 0.05) is 18.3 Å². The Balaban J connectivity index is 1.53. The van der Waals surface area contributed by atoms with Crippen molar-refractivity contribution in [2.75, 3.05) is 0 Å². The molecule has 2 heterocycles. The van der Waals surface area contributed by atoms with E-state index in [1.807, 2.05) is 85.9 Å². The number of pyridine rings is 1. The molecule has 1 N–H and O–H groups in total. The number of amides is 1. The number of para-hydroxylation sites is 2. The molecule has 5 heteroatoms. The van der Waals surface area contributed by atoms with Crippen LogP contribution < -0.4 is 10.1 Å². The predicted molar refractivity (Wildman–Crippen MR) is 104 cm³/mol. The van der Waals surface area contributed by atoms with E-state index in [4.69, 9.17) is 4.74 Å². The second-order valence-corrected chi connectivity index (χ2v) is 6.18. The summed E-state index contributed by atoms with van der Waals surface area (Å²) in [5.41, 5.74) is 2.91. The van der Waals surface area contributed by atoms with Crippen LogP contribution in [-0.2, 0) is 6.54 Å². The zero-order chi connectivity index (χ0) is 18.6. The van der Waals surface area contributed by atoms with Crippen molar-refractivity contribution in [3.63, 3.8) is 0 Å². The van der Waals surface area contributed by atoms with Gasteiger partial charge >= 0.3 is 0 Å². The fourth-order valence-corrected chi connectivity index (χ4v) is 3.01. The Kier molecular flexibility index (Phi) is 4.58. The highest BCUT2D eigenvalue weighted by atomic mass is 16.5. The molecule has 0 saturated heterocycles. The molecule has 0 atom stereocenters. The number of hydrogen-bond acceptors (Lipinski definition) is 3. The zero-order valence-corrected chi connectivity index (χ0v) is 14.9. The van der Waals surface area contributed by atoms with Crippen molar-refractivity contribution >= 4 is 11.6 Å². The predicted octanol–water partition coefficient (Wildman–Crippen LogP) is 4.37. The smallest absolute Gasteiger partial charge is 0.270 e. The lowest BCUT2D eigenvalue weighted by atomic mass is 10.2. The summed E-state index contributed by atoms with van der Waals surface area (Å²) in [6, 6.07) is 22.9. The Labute approximate surface area is 157 Å². The number of rotatable bonds is 5. The van der Waals surface area contributed by atoms with E-state index in [0.717, 1.165) is 22.7 Å². The first kappa shape index (κ1) is 16.8. The molecule has 0 fully saturated rings. The maximum atomic E-state index is 12.8. The molecule has 4 rings (SSSR count). The maximum absolute atomic E-state index is 12.8. The maximum Gasteiger partial charge on any atom is 0.270 e. The standard InChI is InChI=1S/C22H19N3O2/c1-16-21(25-14-8-7-13-20(25)24-16)22(26)23-15-17-9-5-6-12-19(17)27-18-10-3-2-4-11-18/h2-14H,15H2,1H3,(H,23,26). The van der Waals surface area contributed by atoms with E-state index < -0.39 is 0 Å². The van der Waals surface area contributed by atoms with E-state index >= 15 is 0 Å². The van der Waals surface area contributed by atoms with Crippen LogP contribution in [0.3, 0.4) is 0 Å². The van der Waals surface area contributed by atoms with Crippen molar-refractivity contribution < 1.29 is 9.53 Å². The van der Waals surface area contributed by atoms with E-state index in [1.54, 1.807) is 4.40 Å². The van der Waals surface area contributed by atoms with Crippen molar-refractivity contribution in [3.8, 4) is 11.5 Å². The molecule has 4 aromatic rings. The molecule has 2 aromatic carbocycles. The molecule has 0 aliphatic rings. The number of hydrogen-bond donors (Lipinski definition) is 1. The average Bonchev–Trinajstić information content (AvgIpc) is 3.03. The van der Waals surface area contributed by atoms with Crippen LogP contribution in [0.25, 0.3) is 5.65 Å². The summed E-state index contributed by atoms with van der Waals surface area (Å²) in [6.45, 7) is 2.20. The van der Waals surface area contributed by atoms with Gasteiger partial charge in [0.1, 0.15) is 22.8 Å². The number of carbonyl (C=O) groups is 1. The largest absolute Gasteiger partial charge is 0.457 e. The number of aryl methyl sites for hydroxylation is 1. The Morgan fingerprint density at radius 2 is 1.74 bits per heavy atom. The van der Waals surface area contributed by atoms with Crippen LogP contribution in [0.4, 0.5) is 0 Å². The number of nitrogens with one attached hydrogen (secondary N) is 1. The van der Waals surface area contributed by atoms with Crippen LogP contribution in [0, 0.1) is 6.92 Å². The number of ether oxygens (including phenoxy) is 1. The summed E-state index contributed by atoms with van der Waals surface area (Å²) in [4.78, 5) is 17.2. The van der Waals surface area contributed by atoms with E-state index in [0.29, 0.717) is 17.9 Å². The molecule has 0 spiro atoms. The van der Waals surface area contributed by atoms with Crippen molar-refractivity contribution in [2.45, 2.75) is 13.5 Å². The van der Waals surface area contributed by atoms with Crippen LogP contribution in [0.5, 0.6) is 11.5 Å². The fourth-order valence-electron chi connectivity index (χ4n) is 3.01. The third kappa shape index (κ3) is 3.53. The number of benzene rings is 2. The van der Waals surface area contributed by atoms with Gasteiger partial charge in [-0.15, -0.1) is 0 Å². The Morgan fingerprint density at radius 1 is 1.00 bits per heavy atom. The Bertz CT molecular complexity index is 1090. The van der Waals surface area contributed by atoms with Gasteiger partial charge in [0.05, 0.1) is 5.69 Å². The monoisotopic (exact) mass is 357 g/mol. The lowest BCUT2D eigenvalue weighted by Gasteiger charge is -2.12. The molecule has 27 heavy (non-hydrogen) atoms. The van der Waals surface area contributed by atoms with E-state index in [1.165, 1.54) is 0 Å². The fraction of sp³-hybridized carbons (Fsp3) is 0.0909. The molecule has 134 valence electrons. The average molecular weight is 357 g/mol. The Morgan fingerprint density at radius 3 is 2.59 bits per heavy atom. The highest BCUT2D eigenvalue weighted by molar-refractivity contribution is 5.94. The van der Waals surface area contributed by atoms with E-state index in [9.17, 15) is 4.79 Å². The third-order valence-corrected chi connectivity index (χ3v) is 4.30. The van der Waals surface area contributed by atoms with Crippen LogP contribution in [0.1, 0.15) is 21.7 Å². The minimum absolute atomic E-state index is 0.166. The zero-order valence-electron chi connectivity index (χ0n) is 14.9. The molecule has 0 saturated carbocycles. The highest BCUT2D eigenvalue weighted by Gasteiger charge is 2.16. The van der Waals surface area contributed by atoms with Gasteiger partial charge in [0.2, 0.25) is 0 Å². The summed E-state index contributed by atoms with van der Waals surface area (Å²) in [5, 5.41) is 2.98. The summed E-state index contributed by atoms with van der Waals surface area (Å²) < 4.78 is 7.76. The topological polar surface area (TPSA) is 55.6 Å². The molecule has 0 unspecified atom stereocenters. The molecule has 2 aromatic heterocycles. The van der Waals surface area contributed by atoms with E-state index in [2.05, 4.69) is 10.3 Å².